The van der Waals surface area contributed by atoms with E-state index in [1.165, 1.54) is 0 Å². The van der Waals surface area contributed by atoms with Crippen molar-refractivity contribution >= 4 is 5.97 Å². The number of carbonyl (C=O) groups is 1. The molecule has 0 amide bonds. The Morgan fingerprint density at radius 1 is 1.47 bits per heavy atom. The predicted molar refractivity (Wildman–Crippen MR) is 55.9 cm³/mol. The van der Waals surface area contributed by atoms with Crippen LogP contribution >= 0.6 is 0 Å². The summed E-state index contributed by atoms with van der Waals surface area (Å²) in [7, 11) is 1.72. The molecule has 15 heavy (non-hydrogen) atoms. The van der Waals surface area contributed by atoms with E-state index in [1.807, 2.05) is 6.92 Å². The monoisotopic (exact) mass is 216 g/mol. The lowest BCUT2D eigenvalue weighted by Crippen LogP contribution is -2.30. The Kier molecular flexibility index (Phi) is 5.05. The molecule has 0 radical (unpaired) electrons. The SMILES string of the molecule is COC1CCCC(O[C@H](C)CC(=O)O)C1. The number of hydrogen-bond acceptors (Lipinski definition) is 3. The molecule has 0 aromatic heterocycles. The molecule has 1 aliphatic carbocycles. The van der Waals surface area contributed by atoms with Gasteiger partial charge in [0.1, 0.15) is 0 Å². The number of methoxy groups -OCH3 is 1. The van der Waals surface area contributed by atoms with Gasteiger partial charge in [-0.3, -0.25) is 4.79 Å². The average Bonchev–Trinajstić information content (AvgIpc) is 2.16. The Hall–Kier alpha value is -0.610. The first kappa shape index (κ1) is 12.5. The molecule has 3 atom stereocenters. The fourth-order valence-corrected chi connectivity index (χ4v) is 2.06. The second kappa shape index (κ2) is 6.08. The van der Waals surface area contributed by atoms with Gasteiger partial charge in [-0.15, -0.1) is 0 Å². The molecule has 1 aliphatic rings. The van der Waals surface area contributed by atoms with Crippen LogP contribution in [0.1, 0.15) is 39.0 Å². The van der Waals surface area contributed by atoms with Crippen LogP contribution in [0.25, 0.3) is 0 Å². The fourth-order valence-electron chi connectivity index (χ4n) is 2.06. The van der Waals surface area contributed by atoms with Gasteiger partial charge in [0.2, 0.25) is 0 Å². The molecule has 0 aromatic rings. The molecule has 4 nitrogen and oxygen atoms in total. The maximum atomic E-state index is 10.5. The van der Waals surface area contributed by atoms with Crippen LogP contribution in [0.15, 0.2) is 0 Å². The zero-order chi connectivity index (χ0) is 11.3. The molecule has 1 fully saturated rings. The third-order valence-electron chi connectivity index (χ3n) is 2.80. The van der Waals surface area contributed by atoms with Crippen LogP contribution in [-0.4, -0.2) is 36.5 Å². The predicted octanol–water partition coefficient (Wildman–Crippen LogP) is 1.82. The molecule has 0 aliphatic heterocycles. The van der Waals surface area contributed by atoms with Crippen molar-refractivity contribution in [1.82, 2.24) is 0 Å². The standard InChI is InChI=1S/C11H20O4/c1-8(6-11(12)13)15-10-5-3-4-9(7-10)14-2/h8-10H,3-7H2,1-2H3,(H,12,13)/t8-,9?,10?/m1/s1. The summed E-state index contributed by atoms with van der Waals surface area (Å²) in [5.74, 6) is -0.804. The lowest BCUT2D eigenvalue weighted by molar-refractivity contribution is -0.141. The molecule has 2 unspecified atom stereocenters. The van der Waals surface area contributed by atoms with Crippen LogP contribution in [0.4, 0.5) is 0 Å². The minimum Gasteiger partial charge on any atom is -0.481 e. The second-order valence-corrected chi connectivity index (χ2v) is 4.19. The lowest BCUT2D eigenvalue weighted by atomic mass is 9.94. The number of aliphatic carboxylic acids is 1. The van der Waals surface area contributed by atoms with E-state index in [2.05, 4.69) is 0 Å². The highest BCUT2D eigenvalue weighted by Gasteiger charge is 2.24. The number of carboxylic acid groups (broad SMARTS) is 1. The largest absolute Gasteiger partial charge is 0.481 e. The van der Waals surface area contributed by atoms with Crippen LogP contribution in [0.3, 0.4) is 0 Å². The van der Waals surface area contributed by atoms with E-state index < -0.39 is 5.97 Å². The maximum Gasteiger partial charge on any atom is 0.305 e. The van der Waals surface area contributed by atoms with Gasteiger partial charge in [-0.25, -0.2) is 0 Å². The van der Waals surface area contributed by atoms with Gasteiger partial charge >= 0.3 is 5.97 Å². The van der Waals surface area contributed by atoms with Crippen molar-refractivity contribution in [3.8, 4) is 0 Å². The maximum absolute atomic E-state index is 10.5. The normalized spacial score (nSPS) is 28.7. The first-order valence-corrected chi connectivity index (χ1v) is 5.52. The number of rotatable bonds is 5. The van der Waals surface area contributed by atoms with Gasteiger partial charge in [-0.05, 0) is 32.6 Å². The van der Waals surface area contributed by atoms with Crippen molar-refractivity contribution in [2.75, 3.05) is 7.11 Å². The molecular weight excluding hydrogens is 196 g/mol. The van der Waals surface area contributed by atoms with Crippen LogP contribution in [0.5, 0.6) is 0 Å². The van der Waals surface area contributed by atoms with Crippen molar-refractivity contribution in [1.29, 1.82) is 0 Å². The molecule has 0 spiro atoms. The summed E-state index contributed by atoms with van der Waals surface area (Å²) in [6.07, 6.45) is 4.41. The molecule has 4 heteroatoms. The summed E-state index contributed by atoms with van der Waals surface area (Å²) >= 11 is 0. The summed E-state index contributed by atoms with van der Waals surface area (Å²) in [6.45, 7) is 1.81. The van der Waals surface area contributed by atoms with E-state index in [1.54, 1.807) is 7.11 Å². The highest BCUT2D eigenvalue weighted by molar-refractivity contribution is 5.67. The van der Waals surface area contributed by atoms with E-state index in [-0.39, 0.29) is 24.7 Å². The summed E-state index contributed by atoms with van der Waals surface area (Å²) in [6, 6.07) is 0. The molecule has 1 N–H and O–H groups in total. The number of hydrogen-bond donors (Lipinski definition) is 1. The highest BCUT2D eigenvalue weighted by atomic mass is 16.5. The number of carboxylic acids is 1. The Morgan fingerprint density at radius 3 is 2.73 bits per heavy atom. The van der Waals surface area contributed by atoms with Crippen molar-refractivity contribution in [3.63, 3.8) is 0 Å². The minimum absolute atomic E-state index is 0.0775. The second-order valence-electron chi connectivity index (χ2n) is 4.19. The molecule has 0 aromatic carbocycles. The van der Waals surface area contributed by atoms with Crippen LogP contribution in [0, 0.1) is 0 Å². The summed E-state index contributed by atoms with van der Waals surface area (Å²) in [5.41, 5.74) is 0. The summed E-state index contributed by atoms with van der Waals surface area (Å²) in [5, 5.41) is 8.61. The Labute approximate surface area is 90.6 Å². The topological polar surface area (TPSA) is 55.8 Å². The van der Waals surface area contributed by atoms with E-state index >= 15 is 0 Å². The molecule has 1 saturated carbocycles. The first-order valence-electron chi connectivity index (χ1n) is 5.52. The molecule has 0 heterocycles. The van der Waals surface area contributed by atoms with Crippen molar-refractivity contribution in [2.45, 2.75) is 57.3 Å². The van der Waals surface area contributed by atoms with Gasteiger partial charge in [0, 0.05) is 7.11 Å². The fraction of sp³-hybridized carbons (Fsp3) is 0.909. The van der Waals surface area contributed by atoms with E-state index in [0.29, 0.717) is 0 Å². The summed E-state index contributed by atoms with van der Waals surface area (Å²) < 4.78 is 11.0. The molecule has 1 rings (SSSR count). The molecular formula is C11H20O4. The lowest BCUT2D eigenvalue weighted by Gasteiger charge is -2.30. The van der Waals surface area contributed by atoms with Gasteiger partial charge < -0.3 is 14.6 Å². The minimum atomic E-state index is -0.804. The summed E-state index contributed by atoms with van der Waals surface area (Å²) in [4.78, 5) is 10.5. The van der Waals surface area contributed by atoms with Gasteiger partial charge in [0.15, 0.2) is 0 Å². The highest BCUT2D eigenvalue weighted by Crippen LogP contribution is 2.24. The molecule has 0 saturated heterocycles. The van der Waals surface area contributed by atoms with Gasteiger partial charge in [0.25, 0.3) is 0 Å². The third-order valence-corrected chi connectivity index (χ3v) is 2.80. The van der Waals surface area contributed by atoms with E-state index in [0.717, 1.165) is 25.7 Å². The van der Waals surface area contributed by atoms with Crippen molar-refractivity contribution in [3.05, 3.63) is 0 Å². The third kappa shape index (κ3) is 4.62. The van der Waals surface area contributed by atoms with E-state index in [4.69, 9.17) is 14.6 Å². The Bertz CT molecular complexity index is 205. The van der Waals surface area contributed by atoms with Crippen molar-refractivity contribution < 1.29 is 19.4 Å². The van der Waals surface area contributed by atoms with Gasteiger partial charge in [-0.1, -0.05) is 0 Å². The van der Waals surface area contributed by atoms with E-state index in [9.17, 15) is 4.79 Å². The van der Waals surface area contributed by atoms with Crippen LogP contribution in [-0.2, 0) is 14.3 Å². The Morgan fingerprint density at radius 2 is 2.13 bits per heavy atom. The van der Waals surface area contributed by atoms with Crippen LogP contribution < -0.4 is 0 Å². The zero-order valence-corrected chi connectivity index (χ0v) is 9.44. The molecule has 0 bridgehead atoms. The quantitative estimate of drug-likeness (QED) is 0.761. The van der Waals surface area contributed by atoms with Crippen molar-refractivity contribution in [2.24, 2.45) is 0 Å². The average molecular weight is 216 g/mol. The smallest absolute Gasteiger partial charge is 0.305 e. The van der Waals surface area contributed by atoms with Gasteiger partial charge in [-0.2, -0.15) is 0 Å². The van der Waals surface area contributed by atoms with Crippen LogP contribution in [0.2, 0.25) is 0 Å². The number of ether oxygens (including phenoxy) is 2. The first-order chi connectivity index (χ1) is 7.11. The Balaban J connectivity index is 2.27. The molecule has 88 valence electrons. The zero-order valence-electron chi connectivity index (χ0n) is 9.44. The van der Waals surface area contributed by atoms with Gasteiger partial charge in [0.05, 0.1) is 24.7 Å².